The molecule has 0 aliphatic heterocycles. The number of aromatic nitrogens is 4. The van der Waals surface area contributed by atoms with Crippen LogP contribution >= 0.6 is 11.3 Å². The molecule has 0 spiro atoms. The van der Waals surface area contributed by atoms with Gasteiger partial charge in [-0.1, -0.05) is 25.2 Å². The number of anilines is 1. The number of nitrogen functional groups attached to an aromatic ring is 1. The third kappa shape index (κ3) is 2.15. The quantitative estimate of drug-likeness (QED) is 0.775. The molecule has 0 saturated carbocycles. The Hall–Kier alpha value is -2.08. The van der Waals surface area contributed by atoms with Crippen LogP contribution in [0.5, 0.6) is 0 Å². The fourth-order valence-electron chi connectivity index (χ4n) is 1.94. The molecule has 0 aromatic carbocycles. The van der Waals surface area contributed by atoms with Crippen LogP contribution in [-0.4, -0.2) is 20.2 Å². The molecule has 3 aromatic heterocycles. The van der Waals surface area contributed by atoms with Gasteiger partial charge < -0.3 is 5.73 Å². The fraction of sp³-hybridized carbons (Fsp3) is 0.231. The molecule has 0 fully saturated rings. The molecule has 0 aliphatic rings. The van der Waals surface area contributed by atoms with Gasteiger partial charge in [0, 0.05) is 17.8 Å². The molecule has 0 radical (unpaired) electrons. The van der Waals surface area contributed by atoms with Crippen molar-refractivity contribution < 1.29 is 0 Å². The highest BCUT2D eigenvalue weighted by molar-refractivity contribution is 7.18. The van der Waals surface area contributed by atoms with Crippen molar-refractivity contribution in [2.75, 3.05) is 5.73 Å². The summed E-state index contributed by atoms with van der Waals surface area (Å²) in [5.41, 5.74) is 8.52. The Bertz CT molecular complexity index is 735. The standard InChI is InChI=1S/C13H13N5S/c1-7(2)9-6-15-5-8-3-4-10(16-11(8)9)12-17-18-13(14)19-12/h3-7H,1-2H3,(H2,14,18). The topological polar surface area (TPSA) is 77.6 Å². The molecular weight excluding hydrogens is 258 g/mol. The van der Waals surface area contributed by atoms with Gasteiger partial charge in [-0.2, -0.15) is 0 Å². The number of pyridine rings is 2. The molecule has 3 aromatic rings. The zero-order valence-electron chi connectivity index (χ0n) is 10.7. The monoisotopic (exact) mass is 271 g/mol. The van der Waals surface area contributed by atoms with E-state index in [1.54, 1.807) is 0 Å². The molecule has 2 N–H and O–H groups in total. The van der Waals surface area contributed by atoms with E-state index in [-0.39, 0.29) is 0 Å². The van der Waals surface area contributed by atoms with Gasteiger partial charge in [0.25, 0.3) is 0 Å². The van der Waals surface area contributed by atoms with Gasteiger partial charge in [-0.25, -0.2) is 4.98 Å². The van der Waals surface area contributed by atoms with E-state index in [0.29, 0.717) is 11.0 Å². The molecule has 3 rings (SSSR count). The maximum atomic E-state index is 5.61. The average Bonchev–Trinajstić information content (AvgIpc) is 2.84. The Morgan fingerprint density at radius 2 is 2.00 bits per heavy atom. The smallest absolute Gasteiger partial charge is 0.203 e. The second-order valence-corrected chi connectivity index (χ2v) is 5.61. The Morgan fingerprint density at radius 3 is 2.68 bits per heavy atom. The number of hydrogen-bond acceptors (Lipinski definition) is 6. The number of nitrogens with zero attached hydrogens (tertiary/aromatic N) is 4. The second kappa shape index (κ2) is 4.55. The molecule has 19 heavy (non-hydrogen) atoms. The highest BCUT2D eigenvalue weighted by Crippen LogP contribution is 2.28. The average molecular weight is 271 g/mol. The summed E-state index contributed by atoms with van der Waals surface area (Å²) in [6.07, 6.45) is 3.70. The molecule has 0 aliphatic carbocycles. The van der Waals surface area contributed by atoms with Crippen LogP contribution in [0.25, 0.3) is 21.6 Å². The lowest BCUT2D eigenvalue weighted by molar-refractivity contribution is 0.865. The zero-order valence-corrected chi connectivity index (χ0v) is 11.5. The molecule has 0 unspecified atom stereocenters. The summed E-state index contributed by atoms with van der Waals surface area (Å²) in [5, 5.41) is 10.1. The van der Waals surface area contributed by atoms with Crippen LogP contribution in [-0.2, 0) is 0 Å². The van der Waals surface area contributed by atoms with Crippen LogP contribution < -0.4 is 5.73 Å². The van der Waals surface area contributed by atoms with Crippen molar-refractivity contribution in [1.29, 1.82) is 0 Å². The molecule has 96 valence electrons. The second-order valence-electron chi connectivity index (χ2n) is 4.60. The Kier molecular flexibility index (Phi) is 2.87. The molecule has 0 bridgehead atoms. The minimum Gasteiger partial charge on any atom is -0.374 e. The van der Waals surface area contributed by atoms with Crippen molar-refractivity contribution >= 4 is 27.4 Å². The van der Waals surface area contributed by atoms with E-state index >= 15 is 0 Å². The first-order chi connectivity index (χ1) is 9.15. The first kappa shape index (κ1) is 12.0. The largest absolute Gasteiger partial charge is 0.374 e. The minimum absolute atomic E-state index is 0.374. The minimum atomic E-state index is 0.374. The highest BCUT2D eigenvalue weighted by Gasteiger charge is 2.11. The first-order valence-corrected chi connectivity index (χ1v) is 6.81. The van der Waals surface area contributed by atoms with Gasteiger partial charge >= 0.3 is 0 Å². The third-order valence-corrected chi connectivity index (χ3v) is 3.68. The molecule has 6 heteroatoms. The summed E-state index contributed by atoms with van der Waals surface area (Å²) in [5.74, 6) is 0.374. The van der Waals surface area contributed by atoms with Gasteiger partial charge in [0.2, 0.25) is 5.13 Å². The summed E-state index contributed by atoms with van der Waals surface area (Å²) in [4.78, 5) is 8.95. The summed E-state index contributed by atoms with van der Waals surface area (Å²) in [7, 11) is 0. The summed E-state index contributed by atoms with van der Waals surface area (Å²) >= 11 is 1.34. The van der Waals surface area contributed by atoms with Gasteiger partial charge in [0.1, 0.15) is 5.69 Å². The van der Waals surface area contributed by atoms with Crippen molar-refractivity contribution in [2.24, 2.45) is 0 Å². The van der Waals surface area contributed by atoms with E-state index in [1.807, 2.05) is 24.5 Å². The molecule has 5 nitrogen and oxygen atoms in total. The van der Waals surface area contributed by atoms with Crippen LogP contribution in [0.4, 0.5) is 5.13 Å². The predicted molar refractivity (Wildman–Crippen MR) is 76.9 cm³/mol. The number of nitrogens with two attached hydrogens (primary N) is 1. The van der Waals surface area contributed by atoms with Crippen molar-refractivity contribution in [3.05, 3.63) is 30.1 Å². The van der Waals surface area contributed by atoms with Gasteiger partial charge in [-0.15, -0.1) is 10.2 Å². The van der Waals surface area contributed by atoms with Crippen LogP contribution in [0.1, 0.15) is 25.3 Å². The van der Waals surface area contributed by atoms with Crippen molar-refractivity contribution in [3.8, 4) is 10.7 Å². The first-order valence-electron chi connectivity index (χ1n) is 5.99. The Balaban J connectivity index is 2.21. The van der Waals surface area contributed by atoms with E-state index in [0.717, 1.165) is 27.2 Å². The van der Waals surface area contributed by atoms with E-state index in [1.165, 1.54) is 11.3 Å². The van der Waals surface area contributed by atoms with Crippen LogP contribution in [0.2, 0.25) is 0 Å². The lowest BCUT2D eigenvalue weighted by atomic mass is 10.0. The van der Waals surface area contributed by atoms with Crippen molar-refractivity contribution in [1.82, 2.24) is 20.2 Å². The summed E-state index contributed by atoms with van der Waals surface area (Å²) in [6.45, 7) is 4.27. The predicted octanol–water partition coefficient (Wildman–Crippen LogP) is 2.85. The van der Waals surface area contributed by atoms with Gasteiger partial charge in [-0.3, -0.25) is 4.98 Å². The lowest BCUT2D eigenvalue weighted by Crippen LogP contribution is -1.94. The lowest BCUT2D eigenvalue weighted by Gasteiger charge is -2.08. The molecule has 0 saturated heterocycles. The van der Waals surface area contributed by atoms with E-state index < -0.39 is 0 Å². The summed E-state index contributed by atoms with van der Waals surface area (Å²) in [6, 6.07) is 3.93. The van der Waals surface area contributed by atoms with E-state index in [4.69, 9.17) is 10.7 Å². The van der Waals surface area contributed by atoms with Crippen LogP contribution in [0, 0.1) is 0 Å². The van der Waals surface area contributed by atoms with Gasteiger partial charge in [-0.05, 0) is 23.6 Å². The Labute approximate surface area is 114 Å². The van der Waals surface area contributed by atoms with Crippen molar-refractivity contribution in [3.63, 3.8) is 0 Å². The molecule has 0 amide bonds. The third-order valence-electron chi connectivity index (χ3n) is 2.91. The van der Waals surface area contributed by atoms with Crippen LogP contribution in [0.15, 0.2) is 24.5 Å². The number of hydrogen-bond donors (Lipinski definition) is 1. The number of rotatable bonds is 2. The molecule has 3 heterocycles. The van der Waals surface area contributed by atoms with Crippen molar-refractivity contribution in [2.45, 2.75) is 19.8 Å². The maximum absolute atomic E-state index is 5.61. The normalized spacial score (nSPS) is 11.3. The fourth-order valence-corrected chi connectivity index (χ4v) is 2.52. The maximum Gasteiger partial charge on any atom is 0.203 e. The van der Waals surface area contributed by atoms with Gasteiger partial charge in [0.05, 0.1) is 5.52 Å². The Morgan fingerprint density at radius 1 is 1.16 bits per heavy atom. The van der Waals surface area contributed by atoms with Gasteiger partial charge in [0.15, 0.2) is 5.01 Å². The highest BCUT2D eigenvalue weighted by atomic mass is 32.1. The summed E-state index contributed by atoms with van der Waals surface area (Å²) < 4.78 is 0. The van der Waals surface area contributed by atoms with E-state index in [9.17, 15) is 0 Å². The van der Waals surface area contributed by atoms with E-state index in [2.05, 4.69) is 29.0 Å². The zero-order chi connectivity index (χ0) is 13.4. The SMILES string of the molecule is CC(C)c1cncc2ccc(-c3nnc(N)s3)nc12. The molecule has 0 atom stereocenters. The van der Waals surface area contributed by atoms with Crippen LogP contribution in [0.3, 0.4) is 0 Å². The number of fused-ring (bicyclic) bond motifs is 1. The molecular formula is C13H13N5S.